The minimum Gasteiger partial charge on any atom is -0.464 e. The second kappa shape index (κ2) is 7.39. The minimum atomic E-state index is -3.08. The van der Waals surface area contributed by atoms with E-state index in [1.807, 2.05) is 0 Å². The number of alkyl halides is 2. The number of amides is 1. The number of hydrogen-bond donors (Lipinski definition) is 1. The molecular formula is C14H12BrF2N3O4. The lowest BCUT2D eigenvalue weighted by Gasteiger charge is -2.11. The lowest BCUT2D eigenvalue weighted by atomic mass is 10.2. The van der Waals surface area contributed by atoms with Crippen LogP contribution in [0.15, 0.2) is 28.9 Å². The zero-order chi connectivity index (χ0) is 17.9. The van der Waals surface area contributed by atoms with Crippen molar-refractivity contribution in [1.82, 2.24) is 9.78 Å². The average molecular weight is 404 g/mol. The topological polar surface area (TPSA) is 82.4 Å². The molecule has 10 heteroatoms. The maximum absolute atomic E-state index is 12.5. The Hall–Kier alpha value is -2.49. The van der Waals surface area contributed by atoms with Crippen LogP contribution in [-0.2, 0) is 11.8 Å². The van der Waals surface area contributed by atoms with E-state index in [1.165, 1.54) is 43.2 Å². The van der Waals surface area contributed by atoms with E-state index >= 15 is 0 Å². The van der Waals surface area contributed by atoms with Gasteiger partial charge < -0.3 is 14.8 Å². The minimum absolute atomic E-state index is 0.0113. The number of carbonyl (C=O) groups is 2. The number of carbonyl (C=O) groups excluding carboxylic acids is 2. The van der Waals surface area contributed by atoms with E-state index in [9.17, 15) is 18.4 Å². The molecule has 0 aliphatic heterocycles. The van der Waals surface area contributed by atoms with Gasteiger partial charge in [0.2, 0.25) is 0 Å². The van der Waals surface area contributed by atoms with E-state index in [-0.39, 0.29) is 22.7 Å². The van der Waals surface area contributed by atoms with Crippen molar-refractivity contribution < 1.29 is 27.8 Å². The molecular weight excluding hydrogens is 392 g/mol. The van der Waals surface area contributed by atoms with E-state index in [1.54, 1.807) is 0 Å². The van der Waals surface area contributed by atoms with Crippen LogP contribution >= 0.6 is 15.9 Å². The molecule has 0 atom stereocenters. The van der Waals surface area contributed by atoms with Gasteiger partial charge >= 0.3 is 12.6 Å². The number of rotatable bonds is 5. The first-order valence-electron chi connectivity index (χ1n) is 6.49. The summed E-state index contributed by atoms with van der Waals surface area (Å²) < 4.78 is 35.6. The Balaban J connectivity index is 2.34. The maximum Gasteiger partial charge on any atom is 0.387 e. The van der Waals surface area contributed by atoms with Gasteiger partial charge in [0, 0.05) is 11.5 Å². The van der Waals surface area contributed by atoms with Gasteiger partial charge in [-0.3, -0.25) is 9.48 Å². The summed E-state index contributed by atoms with van der Waals surface area (Å²) in [6.07, 6.45) is 1.25. The van der Waals surface area contributed by atoms with Crippen molar-refractivity contribution in [3.63, 3.8) is 0 Å². The smallest absolute Gasteiger partial charge is 0.387 e. The van der Waals surface area contributed by atoms with Crippen molar-refractivity contribution in [2.75, 3.05) is 12.4 Å². The third-order valence-corrected chi connectivity index (χ3v) is 3.46. The maximum atomic E-state index is 12.5. The number of aromatic nitrogens is 2. The van der Waals surface area contributed by atoms with Gasteiger partial charge in [-0.2, -0.15) is 13.9 Å². The molecule has 1 heterocycles. The van der Waals surface area contributed by atoms with Crippen LogP contribution < -0.4 is 10.1 Å². The molecule has 0 fully saturated rings. The second-order valence-corrected chi connectivity index (χ2v) is 5.41. The molecule has 2 aromatic rings. The number of benzene rings is 1. The standard InChI is InChI=1S/C14H12BrF2N3O4/c1-20-11(13(22)23-2)9(6-18-20)19-12(21)8-5-7(15)3-4-10(8)24-14(16)17/h3-6,14H,1-2H3,(H,19,21). The number of anilines is 1. The summed E-state index contributed by atoms with van der Waals surface area (Å²) in [7, 11) is 2.68. The number of ether oxygens (including phenoxy) is 2. The Morgan fingerprint density at radius 3 is 2.71 bits per heavy atom. The molecule has 1 amide bonds. The molecule has 0 unspecified atom stereocenters. The fourth-order valence-corrected chi connectivity index (χ4v) is 2.30. The lowest BCUT2D eigenvalue weighted by molar-refractivity contribution is -0.0501. The molecule has 2 rings (SSSR count). The third-order valence-electron chi connectivity index (χ3n) is 2.97. The van der Waals surface area contributed by atoms with Crippen molar-refractivity contribution in [1.29, 1.82) is 0 Å². The van der Waals surface area contributed by atoms with Crippen LogP contribution in [0, 0.1) is 0 Å². The molecule has 1 aromatic heterocycles. The van der Waals surface area contributed by atoms with Crippen molar-refractivity contribution in [2.24, 2.45) is 7.05 Å². The molecule has 0 bridgehead atoms. The van der Waals surface area contributed by atoms with Gasteiger partial charge in [0.15, 0.2) is 5.69 Å². The van der Waals surface area contributed by atoms with Crippen LogP contribution in [-0.4, -0.2) is 35.4 Å². The summed E-state index contributed by atoms with van der Waals surface area (Å²) in [5.74, 6) is -1.75. The molecule has 0 radical (unpaired) electrons. The first-order valence-corrected chi connectivity index (χ1v) is 7.28. The Bertz CT molecular complexity index is 779. The monoisotopic (exact) mass is 403 g/mol. The van der Waals surface area contributed by atoms with Gasteiger partial charge in [-0.1, -0.05) is 15.9 Å². The predicted octanol–water partition coefficient (Wildman–Crippen LogP) is 2.82. The molecule has 7 nitrogen and oxygen atoms in total. The Morgan fingerprint density at radius 1 is 1.38 bits per heavy atom. The molecule has 0 aliphatic rings. The highest BCUT2D eigenvalue weighted by atomic mass is 79.9. The van der Waals surface area contributed by atoms with Gasteiger partial charge in [0.1, 0.15) is 5.75 Å². The molecule has 1 aromatic carbocycles. The summed E-state index contributed by atoms with van der Waals surface area (Å²) in [5, 5.41) is 6.30. The molecule has 0 saturated heterocycles. The third kappa shape index (κ3) is 3.88. The van der Waals surface area contributed by atoms with Crippen molar-refractivity contribution in [3.8, 4) is 5.75 Å². The van der Waals surface area contributed by atoms with E-state index in [2.05, 4.69) is 35.8 Å². The van der Waals surface area contributed by atoms with Crippen LogP contribution in [0.4, 0.5) is 14.5 Å². The van der Waals surface area contributed by atoms with Crippen LogP contribution in [0.25, 0.3) is 0 Å². The summed E-state index contributed by atoms with van der Waals surface area (Å²) in [6, 6.07) is 4.01. The number of nitrogens with zero attached hydrogens (tertiary/aromatic N) is 2. The van der Waals surface area contributed by atoms with E-state index < -0.39 is 18.5 Å². The van der Waals surface area contributed by atoms with Crippen molar-refractivity contribution in [3.05, 3.63) is 40.1 Å². The predicted molar refractivity (Wildman–Crippen MR) is 83.3 cm³/mol. The fraction of sp³-hybridized carbons (Fsp3) is 0.214. The SMILES string of the molecule is COC(=O)c1c(NC(=O)c2cc(Br)ccc2OC(F)F)cnn1C. The van der Waals surface area contributed by atoms with Crippen molar-refractivity contribution >= 4 is 33.5 Å². The highest BCUT2D eigenvalue weighted by Gasteiger charge is 2.22. The largest absolute Gasteiger partial charge is 0.464 e. The lowest BCUT2D eigenvalue weighted by Crippen LogP contribution is -2.18. The Kier molecular flexibility index (Phi) is 5.50. The Labute approximate surface area is 143 Å². The van der Waals surface area contributed by atoms with Gasteiger partial charge in [-0.05, 0) is 18.2 Å². The van der Waals surface area contributed by atoms with Gasteiger partial charge in [-0.25, -0.2) is 4.79 Å². The summed E-state index contributed by atoms with van der Waals surface area (Å²) in [5.41, 5.74) is -0.0427. The number of nitrogens with one attached hydrogen (secondary N) is 1. The van der Waals surface area contributed by atoms with Crippen LogP contribution in [0.5, 0.6) is 5.75 Å². The second-order valence-electron chi connectivity index (χ2n) is 4.50. The highest BCUT2D eigenvalue weighted by molar-refractivity contribution is 9.10. The number of esters is 1. The normalized spacial score (nSPS) is 10.6. The average Bonchev–Trinajstić information content (AvgIpc) is 2.88. The Morgan fingerprint density at radius 2 is 2.08 bits per heavy atom. The first-order chi connectivity index (χ1) is 11.3. The fourth-order valence-electron chi connectivity index (χ4n) is 1.94. The van der Waals surface area contributed by atoms with Crippen LogP contribution in [0.2, 0.25) is 0 Å². The number of hydrogen-bond acceptors (Lipinski definition) is 5. The van der Waals surface area contributed by atoms with E-state index in [0.717, 1.165) is 0 Å². The summed E-state index contributed by atoms with van der Waals surface area (Å²) >= 11 is 3.16. The number of methoxy groups -OCH3 is 1. The van der Waals surface area contributed by atoms with Crippen molar-refractivity contribution in [2.45, 2.75) is 6.61 Å². The van der Waals surface area contributed by atoms with Crippen LogP contribution in [0.3, 0.4) is 0 Å². The zero-order valence-electron chi connectivity index (χ0n) is 12.5. The van der Waals surface area contributed by atoms with Crippen LogP contribution in [0.1, 0.15) is 20.8 Å². The quantitative estimate of drug-likeness (QED) is 0.776. The summed E-state index contributed by atoms with van der Waals surface area (Å²) in [6.45, 7) is -3.08. The first kappa shape index (κ1) is 17.9. The molecule has 0 saturated carbocycles. The molecule has 1 N–H and O–H groups in total. The molecule has 128 valence electrons. The van der Waals surface area contributed by atoms with Gasteiger partial charge in [0.25, 0.3) is 5.91 Å². The number of aryl methyl sites for hydroxylation is 1. The molecule has 24 heavy (non-hydrogen) atoms. The molecule has 0 spiro atoms. The number of halogens is 3. The van der Waals surface area contributed by atoms with E-state index in [0.29, 0.717) is 4.47 Å². The van der Waals surface area contributed by atoms with E-state index in [4.69, 9.17) is 0 Å². The summed E-state index contributed by atoms with van der Waals surface area (Å²) in [4.78, 5) is 24.1. The highest BCUT2D eigenvalue weighted by Crippen LogP contribution is 2.26. The zero-order valence-corrected chi connectivity index (χ0v) is 14.1. The molecule has 0 aliphatic carbocycles. The van der Waals surface area contributed by atoms with Gasteiger partial charge in [-0.15, -0.1) is 0 Å². The van der Waals surface area contributed by atoms with Gasteiger partial charge in [0.05, 0.1) is 24.6 Å².